The van der Waals surface area contributed by atoms with Crippen molar-refractivity contribution < 1.29 is 9.53 Å². The summed E-state index contributed by atoms with van der Waals surface area (Å²) < 4.78 is 6.32. The van der Waals surface area contributed by atoms with Gasteiger partial charge >= 0.3 is 5.97 Å². The molecule has 0 bridgehead atoms. The molecule has 0 aromatic heterocycles. The summed E-state index contributed by atoms with van der Waals surface area (Å²) in [5, 5.41) is 3.62. The van der Waals surface area contributed by atoms with Crippen LogP contribution in [-0.2, 0) is 16.1 Å². The minimum atomic E-state index is -0.301. The SMILES string of the molecule is COC(=O)[C@H](c1ccc([125I])cc1)[C@H]1CCCCN1Cc1ccc(N=[N+]=[N-])cc1. The van der Waals surface area contributed by atoms with Gasteiger partial charge in [-0.25, -0.2) is 0 Å². The van der Waals surface area contributed by atoms with E-state index in [4.69, 9.17) is 10.3 Å². The van der Waals surface area contributed by atoms with Crippen molar-refractivity contribution in [2.24, 2.45) is 5.11 Å². The first kappa shape index (κ1) is 20.6. The van der Waals surface area contributed by atoms with Gasteiger partial charge in [0.1, 0.15) is 0 Å². The number of hydrogen-bond acceptors (Lipinski definition) is 4. The molecule has 0 amide bonds. The first-order chi connectivity index (χ1) is 13.6. The van der Waals surface area contributed by atoms with Gasteiger partial charge in [0.15, 0.2) is 0 Å². The number of azide groups is 1. The van der Waals surface area contributed by atoms with Crippen molar-refractivity contribution in [2.45, 2.75) is 37.8 Å². The van der Waals surface area contributed by atoms with Crippen LogP contribution in [0, 0.1) is 3.57 Å². The molecule has 2 atom stereocenters. The molecule has 0 radical (unpaired) electrons. The number of carbonyl (C=O) groups excluding carboxylic acids is 1. The summed E-state index contributed by atoms with van der Waals surface area (Å²) in [7, 11) is 1.46. The smallest absolute Gasteiger partial charge is 0.314 e. The molecule has 146 valence electrons. The fourth-order valence-corrected chi connectivity index (χ4v) is 4.22. The second-order valence-corrected chi connectivity index (χ2v) is 8.19. The highest BCUT2D eigenvalue weighted by Gasteiger charge is 2.36. The van der Waals surface area contributed by atoms with Crippen molar-refractivity contribution >= 4 is 34.2 Å². The van der Waals surface area contributed by atoms with Gasteiger partial charge in [0.25, 0.3) is 0 Å². The van der Waals surface area contributed by atoms with Gasteiger partial charge in [-0.15, -0.1) is 0 Å². The predicted octanol–water partition coefficient (Wildman–Crippen LogP) is 5.54. The lowest BCUT2D eigenvalue weighted by Gasteiger charge is -2.39. The van der Waals surface area contributed by atoms with E-state index in [2.05, 4.69) is 37.5 Å². The molecule has 0 N–H and O–H groups in total. The standard InChI is InChI=1S/C21H23IN4O2/c1-28-21(27)20(16-7-9-17(22)10-8-16)19-4-2-3-13-26(19)14-15-5-11-18(12-6-15)24-25-23/h5-12,19-20H,2-4,13-14H2,1H3/t19-,20-/m1/s1/i22-2. The molecule has 1 aliphatic rings. The second-order valence-electron chi connectivity index (χ2n) is 6.94. The lowest BCUT2D eigenvalue weighted by molar-refractivity contribution is -0.144. The zero-order valence-electron chi connectivity index (χ0n) is 15.8. The fraction of sp³-hybridized carbons (Fsp3) is 0.381. The number of carbonyl (C=O) groups is 1. The van der Waals surface area contributed by atoms with Crippen LogP contribution in [0.5, 0.6) is 0 Å². The quantitative estimate of drug-likeness (QED) is 0.176. The molecule has 1 aliphatic heterocycles. The van der Waals surface area contributed by atoms with Crippen LogP contribution in [0.1, 0.15) is 36.3 Å². The van der Waals surface area contributed by atoms with E-state index in [1.165, 1.54) is 7.11 Å². The third-order valence-corrected chi connectivity index (χ3v) is 5.93. The first-order valence-electron chi connectivity index (χ1n) is 9.33. The highest BCUT2D eigenvalue weighted by molar-refractivity contribution is 14.1. The van der Waals surface area contributed by atoms with E-state index >= 15 is 0 Å². The van der Waals surface area contributed by atoms with Gasteiger partial charge in [0, 0.05) is 26.8 Å². The molecule has 2 aromatic carbocycles. The highest BCUT2D eigenvalue weighted by atomic mass is 125. The molecular weight excluding hydrogens is 465 g/mol. The number of likely N-dealkylation sites (tertiary alicyclic amines) is 1. The van der Waals surface area contributed by atoms with E-state index in [1.54, 1.807) is 0 Å². The summed E-state index contributed by atoms with van der Waals surface area (Å²) in [4.78, 5) is 17.9. The third kappa shape index (κ3) is 5.04. The minimum Gasteiger partial charge on any atom is -0.469 e. The predicted molar refractivity (Wildman–Crippen MR) is 117 cm³/mol. The summed E-state index contributed by atoms with van der Waals surface area (Å²) in [5.41, 5.74) is 11.3. The van der Waals surface area contributed by atoms with Crippen LogP contribution >= 0.6 is 22.6 Å². The van der Waals surface area contributed by atoms with Crippen molar-refractivity contribution in [3.8, 4) is 0 Å². The summed E-state index contributed by atoms with van der Waals surface area (Å²) in [6.07, 6.45) is 3.19. The van der Waals surface area contributed by atoms with Gasteiger partial charge in [-0.05, 0) is 70.8 Å². The minimum absolute atomic E-state index is 0.0954. The van der Waals surface area contributed by atoms with Gasteiger partial charge < -0.3 is 4.74 Å². The highest BCUT2D eigenvalue weighted by Crippen LogP contribution is 2.33. The van der Waals surface area contributed by atoms with Crippen molar-refractivity contribution in [1.82, 2.24) is 4.90 Å². The third-order valence-electron chi connectivity index (χ3n) is 5.22. The molecule has 0 saturated carbocycles. The number of piperidine rings is 1. The van der Waals surface area contributed by atoms with Gasteiger partial charge in [0.05, 0.1) is 13.0 Å². The number of benzene rings is 2. The maximum Gasteiger partial charge on any atom is 0.314 e. The van der Waals surface area contributed by atoms with E-state index in [1.807, 2.05) is 48.5 Å². The van der Waals surface area contributed by atoms with Crippen molar-refractivity contribution in [3.63, 3.8) is 0 Å². The van der Waals surface area contributed by atoms with Crippen LogP contribution in [0.2, 0.25) is 0 Å². The van der Waals surface area contributed by atoms with E-state index in [0.29, 0.717) is 5.69 Å². The van der Waals surface area contributed by atoms with Crippen molar-refractivity contribution in [3.05, 3.63) is 73.7 Å². The zero-order valence-corrected chi connectivity index (χ0v) is 17.9. The van der Waals surface area contributed by atoms with Crippen LogP contribution in [0.15, 0.2) is 53.6 Å². The topological polar surface area (TPSA) is 78.3 Å². The number of halogens is 1. The Morgan fingerprint density at radius 3 is 2.61 bits per heavy atom. The Morgan fingerprint density at radius 1 is 1.25 bits per heavy atom. The van der Waals surface area contributed by atoms with Crippen LogP contribution < -0.4 is 0 Å². The lowest BCUT2D eigenvalue weighted by atomic mass is 9.85. The maximum absolute atomic E-state index is 12.7. The number of nitrogens with zero attached hydrogens (tertiary/aromatic N) is 4. The number of hydrogen-bond donors (Lipinski definition) is 0. The van der Waals surface area contributed by atoms with Gasteiger partial charge in [0.2, 0.25) is 0 Å². The van der Waals surface area contributed by atoms with Crippen LogP contribution in [0.4, 0.5) is 5.69 Å². The molecule has 0 aliphatic carbocycles. The molecule has 3 rings (SSSR count). The van der Waals surface area contributed by atoms with Gasteiger partial charge in [-0.1, -0.05) is 47.9 Å². The molecule has 1 heterocycles. The molecule has 1 fully saturated rings. The number of esters is 1. The summed E-state index contributed by atoms with van der Waals surface area (Å²) in [6, 6.07) is 15.8. The van der Waals surface area contributed by atoms with Crippen LogP contribution in [0.25, 0.3) is 10.4 Å². The second kappa shape index (κ2) is 9.91. The van der Waals surface area contributed by atoms with E-state index in [0.717, 1.165) is 47.0 Å². The summed E-state index contributed by atoms with van der Waals surface area (Å²) >= 11 is 2.27. The average Bonchev–Trinajstić information content (AvgIpc) is 2.72. The fourth-order valence-electron chi connectivity index (χ4n) is 3.86. The van der Waals surface area contributed by atoms with E-state index in [9.17, 15) is 4.79 Å². The Morgan fingerprint density at radius 2 is 1.96 bits per heavy atom. The molecule has 0 unspecified atom stereocenters. The average molecular weight is 488 g/mol. The Balaban J connectivity index is 1.85. The maximum atomic E-state index is 12.7. The van der Waals surface area contributed by atoms with Gasteiger partial charge in [-0.3, -0.25) is 9.69 Å². The molecule has 28 heavy (non-hydrogen) atoms. The van der Waals surface area contributed by atoms with E-state index in [-0.39, 0.29) is 17.9 Å². The number of methoxy groups -OCH3 is 1. The monoisotopic (exact) mass is 488 g/mol. The largest absolute Gasteiger partial charge is 0.469 e. The first-order valence-corrected chi connectivity index (χ1v) is 10.4. The van der Waals surface area contributed by atoms with Crippen molar-refractivity contribution in [1.29, 1.82) is 0 Å². The van der Waals surface area contributed by atoms with E-state index < -0.39 is 0 Å². The Hall–Kier alpha value is -2.09. The molecule has 6 nitrogen and oxygen atoms in total. The Kier molecular flexibility index (Phi) is 7.30. The Labute approximate surface area is 178 Å². The van der Waals surface area contributed by atoms with Crippen LogP contribution in [0.3, 0.4) is 0 Å². The van der Waals surface area contributed by atoms with Crippen molar-refractivity contribution in [2.75, 3.05) is 13.7 Å². The Bertz CT molecular complexity index is 848. The molecule has 2 aromatic rings. The zero-order chi connectivity index (χ0) is 19.9. The molecule has 1 saturated heterocycles. The summed E-state index contributed by atoms with van der Waals surface area (Å²) in [6.45, 7) is 1.69. The normalized spacial score (nSPS) is 18.1. The molecule has 0 spiro atoms. The molecular formula is C21H23IN4O2. The summed E-state index contributed by atoms with van der Waals surface area (Å²) in [5.74, 6) is -0.485. The van der Waals surface area contributed by atoms with Crippen LogP contribution in [-0.4, -0.2) is 30.6 Å². The molecule has 7 heteroatoms. The lowest BCUT2D eigenvalue weighted by Crippen LogP contribution is -2.45. The van der Waals surface area contributed by atoms with Gasteiger partial charge in [-0.2, -0.15) is 0 Å². The number of ether oxygens (including phenoxy) is 1. The number of rotatable bonds is 6.